The Balaban J connectivity index is 2.58. The fourth-order valence-electron chi connectivity index (χ4n) is 1.93. The van der Waals surface area contributed by atoms with Crippen molar-refractivity contribution >= 4 is 5.91 Å². The maximum atomic E-state index is 12.1. The number of hydrogen-bond donors (Lipinski definition) is 0. The molecule has 1 aromatic rings. The molecule has 96 valence electrons. The molecular formula is C13H23N3O. The zero-order chi connectivity index (χ0) is 12.8. The normalized spacial score (nSPS) is 10.9. The predicted molar refractivity (Wildman–Crippen MR) is 68.4 cm³/mol. The molecule has 4 heteroatoms. The number of amides is 1. The Morgan fingerprint density at radius 1 is 1.41 bits per heavy atom. The van der Waals surface area contributed by atoms with Crippen LogP contribution in [0, 0.1) is 5.92 Å². The van der Waals surface area contributed by atoms with Crippen molar-refractivity contribution in [2.75, 3.05) is 7.05 Å². The highest BCUT2D eigenvalue weighted by molar-refractivity contribution is 5.78. The molecule has 0 aromatic carbocycles. The van der Waals surface area contributed by atoms with Crippen molar-refractivity contribution in [2.45, 2.75) is 46.7 Å². The molecule has 0 fully saturated rings. The lowest BCUT2D eigenvalue weighted by atomic mass is 10.0. The third-order valence-corrected chi connectivity index (χ3v) is 3.13. The van der Waals surface area contributed by atoms with Gasteiger partial charge in [-0.25, -0.2) is 0 Å². The summed E-state index contributed by atoms with van der Waals surface area (Å²) in [5, 5.41) is 4.38. The molecule has 4 nitrogen and oxygen atoms in total. The Morgan fingerprint density at radius 3 is 2.53 bits per heavy atom. The van der Waals surface area contributed by atoms with E-state index < -0.39 is 0 Å². The van der Waals surface area contributed by atoms with E-state index in [-0.39, 0.29) is 11.8 Å². The van der Waals surface area contributed by atoms with E-state index in [2.05, 4.69) is 25.9 Å². The SMILES string of the molecule is CCC(CC)C(=O)N(C)Cc1ccn(CC)n1. The molecule has 0 aliphatic rings. The summed E-state index contributed by atoms with van der Waals surface area (Å²) in [6, 6.07) is 1.97. The van der Waals surface area contributed by atoms with E-state index in [4.69, 9.17) is 0 Å². The van der Waals surface area contributed by atoms with Crippen molar-refractivity contribution in [1.82, 2.24) is 14.7 Å². The molecule has 0 spiro atoms. The van der Waals surface area contributed by atoms with Crippen LogP contribution in [0.4, 0.5) is 0 Å². The average Bonchev–Trinajstić information content (AvgIpc) is 2.78. The highest BCUT2D eigenvalue weighted by Gasteiger charge is 2.18. The third kappa shape index (κ3) is 3.58. The zero-order valence-electron chi connectivity index (χ0n) is 11.3. The van der Waals surface area contributed by atoms with Crippen LogP contribution in [0.25, 0.3) is 0 Å². The summed E-state index contributed by atoms with van der Waals surface area (Å²) in [4.78, 5) is 13.9. The summed E-state index contributed by atoms with van der Waals surface area (Å²) in [5.41, 5.74) is 0.952. The van der Waals surface area contributed by atoms with Gasteiger partial charge in [-0.15, -0.1) is 0 Å². The first-order valence-electron chi connectivity index (χ1n) is 6.39. The topological polar surface area (TPSA) is 38.1 Å². The molecule has 1 amide bonds. The van der Waals surface area contributed by atoms with E-state index in [1.54, 1.807) is 4.90 Å². The molecule has 0 bridgehead atoms. The molecule has 17 heavy (non-hydrogen) atoms. The largest absolute Gasteiger partial charge is 0.340 e. The predicted octanol–water partition coefficient (Wildman–Crippen LogP) is 2.30. The van der Waals surface area contributed by atoms with E-state index in [0.717, 1.165) is 25.1 Å². The van der Waals surface area contributed by atoms with Crippen LogP contribution in [0.3, 0.4) is 0 Å². The van der Waals surface area contributed by atoms with E-state index in [1.807, 2.05) is 24.0 Å². The van der Waals surface area contributed by atoms with Gasteiger partial charge in [-0.05, 0) is 25.8 Å². The molecule has 0 radical (unpaired) electrons. The minimum Gasteiger partial charge on any atom is -0.340 e. The van der Waals surface area contributed by atoms with Crippen molar-refractivity contribution in [3.05, 3.63) is 18.0 Å². The van der Waals surface area contributed by atoms with Crippen LogP contribution in [-0.4, -0.2) is 27.6 Å². The van der Waals surface area contributed by atoms with Crippen LogP contribution < -0.4 is 0 Å². The lowest BCUT2D eigenvalue weighted by Crippen LogP contribution is -2.32. The van der Waals surface area contributed by atoms with Crippen LogP contribution in [0.5, 0.6) is 0 Å². The van der Waals surface area contributed by atoms with Gasteiger partial charge >= 0.3 is 0 Å². The highest BCUT2D eigenvalue weighted by Crippen LogP contribution is 2.12. The average molecular weight is 237 g/mol. The summed E-state index contributed by atoms with van der Waals surface area (Å²) in [7, 11) is 1.85. The van der Waals surface area contributed by atoms with Crippen LogP contribution in [0.15, 0.2) is 12.3 Å². The molecule has 0 aliphatic heterocycles. The van der Waals surface area contributed by atoms with Crippen molar-refractivity contribution < 1.29 is 4.79 Å². The van der Waals surface area contributed by atoms with E-state index >= 15 is 0 Å². The molecule has 1 aromatic heterocycles. The van der Waals surface area contributed by atoms with Gasteiger partial charge in [0, 0.05) is 25.7 Å². The summed E-state index contributed by atoms with van der Waals surface area (Å²) >= 11 is 0. The van der Waals surface area contributed by atoms with E-state index in [1.165, 1.54) is 0 Å². The standard InChI is InChI=1S/C13H23N3O/c1-5-11(6-2)13(17)15(4)10-12-8-9-16(7-3)14-12/h8-9,11H,5-7,10H2,1-4H3. The molecule has 0 aliphatic carbocycles. The minimum atomic E-state index is 0.147. The molecule has 1 rings (SSSR count). The molecule has 0 atom stereocenters. The minimum absolute atomic E-state index is 0.147. The van der Waals surface area contributed by atoms with Gasteiger partial charge in [0.1, 0.15) is 0 Å². The Morgan fingerprint density at radius 2 is 2.06 bits per heavy atom. The first-order chi connectivity index (χ1) is 8.12. The summed E-state index contributed by atoms with van der Waals surface area (Å²) < 4.78 is 1.88. The Kier molecular flexibility index (Phi) is 5.19. The summed E-state index contributed by atoms with van der Waals surface area (Å²) in [6.45, 7) is 7.64. The van der Waals surface area contributed by atoms with Crippen molar-refractivity contribution in [3.8, 4) is 0 Å². The number of carbonyl (C=O) groups is 1. The number of aryl methyl sites for hydroxylation is 1. The zero-order valence-corrected chi connectivity index (χ0v) is 11.3. The van der Waals surface area contributed by atoms with Gasteiger partial charge in [0.15, 0.2) is 0 Å². The van der Waals surface area contributed by atoms with Gasteiger partial charge in [0.25, 0.3) is 0 Å². The lowest BCUT2D eigenvalue weighted by Gasteiger charge is -2.21. The smallest absolute Gasteiger partial charge is 0.225 e. The van der Waals surface area contributed by atoms with E-state index in [0.29, 0.717) is 6.54 Å². The summed E-state index contributed by atoms with van der Waals surface area (Å²) in [6.07, 6.45) is 3.76. The fourth-order valence-corrected chi connectivity index (χ4v) is 1.93. The quantitative estimate of drug-likeness (QED) is 0.761. The molecule has 0 N–H and O–H groups in total. The molecule has 0 saturated carbocycles. The third-order valence-electron chi connectivity index (χ3n) is 3.13. The first kappa shape index (κ1) is 13.7. The Hall–Kier alpha value is -1.32. The van der Waals surface area contributed by atoms with Crippen molar-refractivity contribution in [2.24, 2.45) is 5.92 Å². The monoisotopic (exact) mass is 237 g/mol. The lowest BCUT2D eigenvalue weighted by molar-refractivity contribution is -0.135. The van der Waals surface area contributed by atoms with E-state index in [9.17, 15) is 4.79 Å². The molecule has 0 unspecified atom stereocenters. The van der Waals surface area contributed by atoms with Gasteiger partial charge in [-0.2, -0.15) is 5.10 Å². The fraction of sp³-hybridized carbons (Fsp3) is 0.692. The van der Waals surface area contributed by atoms with Crippen LogP contribution in [-0.2, 0) is 17.9 Å². The number of hydrogen-bond acceptors (Lipinski definition) is 2. The maximum absolute atomic E-state index is 12.1. The number of rotatable bonds is 6. The maximum Gasteiger partial charge on any atom is 0.225 e. The Labute approximate surface area is 104 Å². The highest BCUT2D eigenvalue weighted by atomic mass is 16.2. The molecule has 1 heterocycles. The molecular weight excluding hydrogens is 214 g/mol. The number of nitrogens with zero attached hydrogens (tertiary/aromatic N) is 3. The number of carbonyl (C=O) groups excluding carboxylic acids is 1. The van der Waals surface area contributed by atoms with Gasteiger partial charge in [0.2, 0.25) is 5.91 Å². The molecule has 0 saturated heterocycles. The van der Waals surface area contributed by atoms with Crippen molar-refractivity contribution in [3.63, 3.8) is 0 Å². The van der Waals surface area contributed by atoms with Gasteiger partial charge in [-0.1, -0.05) is 13.8 Å². The van der Waals surface area contributed by atoms with Crippen LogP contribution in [0.1, 0.15) is 39.3 Å². The number of aromatic nitrogens is 2. The van der Waals surface area contributed by atoms with Crippen molar-refractivity contribution in [1.29, 1.82) is 0 Å². The second-order valence-electron chi connectivity index (χ2n) is 4.37. The second-order valence-corrected chi connectivity index (χ2v) is 4.37. The van der Waals surface area contributed by atoms with Crippen LogP contribution in [0.2, 0.25) is 0 Å². The first-order valence-corrected chi connectivity index (χ1v) is 6.39. The summed E-state index contributed by atoms with van der Waals surface area (Å²) in [5.74, 6) is 0.370. The second kappa shape index (κ2) is 6.42. The van der Waals surface area contributed by atoms with Crippen LogP contribution >= 0.6 is 0 Å². The van der Waals surface area contributed by atoms with Gasteiger partial charge in [0.05, 0.1) is 12.2 Å². The van der Waals surface area contributed by atoms with Gasteiger partial charge in [-0.3, -0.25) is 9.48 Å². The Bertz CT molecular complexity index is 355. The van der Waals surface area contributed by atoms with Gasteiger partial charge < -0.3 is 4.90 Å².